The fourth-order valence-corrected chi connectivity index (χ4v) is 2.30. The molecule has 0 fully saturated rings. The molecule has 1 aromatic heterocycles. The van der Waals surface area contributed by atoms with Crippen molar-refractivity contribution >= 4 is 5.96 Å². The molecule has 1 unspecified atom stereocenters. The van der Waals surface area contributed by atoms with E-state index in [1.54, 1.807) is 6.33 Å². The van der Waals surface area contributed by atoms with Crippen LogP contribution in [0.2, 0.25) is 0 Å². The van der Waals surface area contributed by atoms with E-state index >= 15 is 0 Å². The van der Waals surface area contributed by atoms with Gasteiger partial charge < -0.3 is 15.2 Å². The van der Waals surface area contributed by atoms with E-state index < -0.39 is 0 Å². The van der Waals surface area contributed by atoms with Crippen molar-refractivity contribution in [1.29, 1.82) is 0 Å². The molecule has 6 nitrogen and oxygen atoms in total. The van der Waals surface area contributed by atoms with Gasteiger partial charge in [0, 0.05) is 32.1 Å². The Morgan fingerprint density at radius 1 is 1.26 bits per heavy atom. The molecule has 2 N–H and O–H groups in total. The lowest BCUT2D eigenvalue weighted by Gasteiger charge is -2.19. The van der Waals surface area contributed by atoms with Crippen LogP contribution in [-0.4, -0.2) is 39.9 Å². The van der Waals surface area contributed by atoms with Crippen LogP contribution in [0.1, 0.15) is 59.7 Å². The summed E-state index contributed by atoms with van der Waals surface area (Å²) in [6, 6.07) is 0.432. The zero-order valence-electron chi connectivity index (χ0n) is 15.5. The molecule has 1 aromatic rings. The van der Waals surface area contributed by atoms with Crippen molar-refractivity contribution in [3.63, 3.8) is 0 Å². The van der Waals surface area contributed by atoms with E-state index in [1.165, 1.54) is 6.42 Å². The summed E-state index contributed by atoms with van der Waals surface area (Å²) in [5.41, 5.74) is 0. The third-order valence-corrected chi connectivity index (χ3v) is 3.71. The van der Waals surface area contributed by atoms with Gasteiger partial charge in [0.05, 0.1) is 0 Å². The first-order chi connectivity index (χ1) is 11.1. The van der Waals surface area contributed by atoms with Gasteiger partial charge in [0.25, 0.3) is 0 Å². The second-order valence-corrected chi connectivity index (χ2v) is 6.47. The molecular weight excluding hydrogens is 288 g/mol. The monoisotopic (exact) mass is 322 g/mol. The molecule has 6 heteroatoms. The summed E-state index contributed by atoms with van der Waals surface area (Å²) in [5.74, 6) is 2.68. The first-order valence-corrected chi connectivity index (χ1v) is 8.98. The predicted octanol–water partition coefficient (Wildman–Crippen LogP) is 2.61. The molecule has 0 saturated heterocycles. The molecule has 1 heterocycles. The zero-order chi connectivity index (χ0) is 17.1. The Labute approximate surface area is 141 Å². The smallest absolute Gasteiger partial charge is 0.191 e. The number of nitrogens with zero attached hydrogens (tertiary/aromatic N) is 4. The minimum absolute atomic E-state index is 0.432. The van der Waals surface area contributed by atoms with Crippen LogP contribution in [0.25, 0.3) is 0 Å². The minimum Gasteiger partial charge on any atom is -0.355 e. The van der Waals surface area contributed by atoms with Gasteiger partial charge in [-0.15, -0.1) is 10.2 Å². The number of nitrogens with one attached hydrogen (secondary N) is 2. The number of rotatable bonds is 10. The van der Waals surface area contributed by atoms with Crippen LogP contribution in [0.3, 0.4) is 0 Å². The molecular formula is C17H34N6. The lowest BCUT2D eigenvalue weighted by Crippen LogP contribution is -2.43. The molecule has 1 atom stereocenters. The molecule has 0 aliphatic carbocycles. The average Bonchev–Trinajstić information content (AvgIpc) is 2.97. The van der Waals surface area contributed by atoms with Gasteiger partial charge in [-0.05, 0) is 32.1 Å². The van der Waals surface area contributed by atoms with Gasteiger partial charge in [0.1, 0.15) is 12.2 Å². The predicted molar refractivity (Wildman–Crippen MR) is 96.7 cm³/mol. The highest BCUT2D eigenvalue weighted by Gasteiger charge is 2.07. The van der Waals surface area contributed by atoms with E-state index in [-0.39, 0.29) is 0 Å². The standard InChI is InChI=1S/C17H34N6/c1-6-10-18-17(21-15(5)9-8-14(3)4)19-11-12-23-13-20-22-16(23)7-2/h13-15H,6-12H2,1-5H3,(H2,18,19,21). The highest BCUT2D eigenvalue weighted by atomic mass is 15.3. The molecule has 0 spiro atoms. The van der Waals surface area contributed by atoms with Crippen molar-refractivity contribution in [2.75, 3.05) is 13.1 Å². The quantitative estimate of drug-likeness (QED) is 0.513. The van der Waals surface area contributed by atoms with Crippen LogP contribution in [0, 0.1) is 5.92 Å². The second-order valence-electron chi connectivity index (χ2n) is 6.47. The molecule has 132 valence electrons. The molecule has 0 saturated carbocycles. The number of hydrogen-bond acceptors (Lipinski definition) is 3. The van der Waals surface area contributed by atoms with Gasteiger partial charge in [0.15, 0.2) is 5.96 Å². The molecule has 0 amide bonds. The summed E-state index contributed by atoms with van der Waals surface area (Å²) < 4.78 is 2.09. The number of aryl methyl sites for hydroxylation is 1. The fraction of sp³-hybridized carbons (Fsp3) is 0.824. The van der Waals surface area contributed by atoms with Crippen LogP contribution in [0.5, 0.6) is 0 Å². The van der Waals surface area contributed by atoms with Gasteiger partial charge in [-0.2, -0.15) is 0 Å². The third kappa shape index (κ3) is 8.00. The van der Waals surface area contributed by atoms with Gasteiger partial charge >= 0.3 is 0 Å². The minimum atomic E-state index is 0.432. The van der Waals surface area contributed by atoms with Crippen LogP contribution in [0.4, 0.5) is 0 Å². The van der Waals surface area contributed by atoms with Crippen LogP contribution in [0.15, 0.2) is 11.3 Å². The third-order valence-electron chi connectivity index (χ3n) is 3.71. The number of hydrogen-bond donors (Lipinski definition) is 2. The fourth-order valence-electron chi connectivity index (χ4n) is 2.30. The maximum atomic E-state index is 4.62. The van der Waals surface area contributed by atoms with Crippen molar-refractivity contribution < 1.29 is 0 Å². The van der Waals surface area contributed by atoms with Crippen LogP contribution in [-0.2, 0) is 13.0 Å². The van der Waals surface area contributed by atoms with Gasteiger partial charge in [-0.3, -0.25) is 4.99 Å². The largest absolute Gasteiger partial charge is 0.355 e. The number of aromatic nitrogens is 3. The van der Waals surface area contributed by atoms with Crippen molar-refractivity contribution in [3.8, 4) is 0 Å². The van der Waals surface area contributed by atoms with Crippen molar-refractivity contribution in [2.24, 2.45) is 10.9 Å². The van der Waals surface area contributed by atoms with Gasteiger partial charge in [0.2, 0.25) is 0 Å². The van der Waals surface area contributed by atoms with Gasteiger partial charge in [-0.25, -0.2) is 0 Å². The summed E-state index contributed by atoms with van der Waals surface area (Å²) in [6.07, 6.45) is 6.15. The Morgan fingerprint density at radius 2 is 2.04 bits per heavy atom. The maximum Gasteiger partial charge on any atom is 0.191 e. The van der Waals surface area contributed by atoms with Gasteiger partial charge in [-0.1, -0.05) is 27.7 Å². The van der Waals surface area contributed by atoms with Crippen LogP contribution < -0.4 is 10.6 Å². The summed E-state index contributed by atoms with van der Waals surface area (Å²) in [7, 11) is 0. The second kappa shape index (κ2) is 11.0. The van der Waals surface area contributed by atoms with E-state index in [0.29, 0.717) is 6.04 Å². The Kier molecular flexibility index (Phi) is 9.33. The lowest BCUT2D eigenvalue weighted by molar-refractivity contribution is 0.487. The van der Waals surface area contributed by atoms with E-state index in [4.69, 9.17) is 0 Å². The molecule has 0 aliphatic rings. The average molecular weight is 323 g/mol. The lowest BCUT2D eigenvalue weighted by atomic mass is 10.0. The molecule has 23 heavy (non-hydrogen) atoms. The first kappa shape index (κ1) is 19.5. The topological polar surface area (TPSA) is 67.1 Å². The summed E-state index contributed by atoms with van der Waals surface area (Å²) in [4.78, 5) is 4.62. The normalized spacial score (nSPS) is 13.4. The number of aliphatic imine (C=N–C) groups is 1. The van der Waals surface area contributed by atoms with Crippen LogP contribution >= 0.6 is 0 Å². The number of guanidine groups is 1. The van der Waals surface area contributed by atoms with E-state index in [1.807, 2.05) is 0 Å². The zero-order valence-corrected chi connectivity index (χ0v) is 15.5. The highest BCUT2D eigenvalue weighted by Crippen LogP contribution is 2.06. The summed E-state index contributed by atoms with van der Waals surface area (Å²) >= 11 is 0. The molecule has 0 radical (unpaired) electrons. The molecule has 0 aromatic carbocycles. The SMILES string of the molecule is CCCN=C(NCCn1cnnc1CC)NC(C)CCC(C)C. The Balaban J connectivity index is 2.44. The van der Waals surface area contributed by atoms with Crippen molar-refractivity contribution in [2.45, 2.75) is 72.9 Å². The maximum absolute atomic E-state index is 4.62. The Morgan fingerprint density at radius 3 is 2.70 bits per heavy atom. The molecule has 0 aliphatic heterocycles. The van der Waals surface area contributed by atoms with Crippen molar-refractivity contribution in [1.82, 2.24) is 25.4 Å². The van der Waals surface area contributed by atoms with E-state index in [2.05, 4.69) is 65.0 Å². The Bertz CT molecular complexity index is 452. The summed E-state index contributed by atoms with van der Waals surface area (Å²) in [5, 5.41) is 15.0. The first-order valence-electron chi connectivity index (χ1n) is 8.98. The summed E-state index contributed by atoms with van der Waals surface area (Å²) in [6.45, 7) is 13.5. The Hall–Kier alpha value is -1.59. The van der Waals surface area contributed by atoms with E-state index in [0.717, 1.165) is 56.6 Å². The molecule has 0 bridgehead atoms. The van der Waals surface area contributed by atoms with E-state index in [9.17, 15) is 0 Å². The highest BCUT2D eigenvalue weighted by molar-refractivity contribution is 5.80. The van der Waals surface area contributed by atoms with Crippen molar-refractivity contribution in [3.05, 3.63) is 12.2 Å². The molecule has 1 rings (SSSR count).